The van der Waals surface area contributed by atoms with Crippen LogP contribution in [0.3, 0.4) is 0 Å². The molecule has 1 aromatic rings. The van der Waals surface area contributed by atoms with Crippen LogP contribution in [-0.2, 0) is 11.2 Å². The van der Waals surface area contributed by atoms with Crippen molar-refractivity contribution in [1.82, 2.24) is 5.32 Å². The minimum atomic E-state index is -0.297. The molecular formula is C20H32N2O. The second-order valence-electron chi connectivity index (χ2n) is 7.68. The van der Waals surface area contributed by atoms with Crippen molar-refractivity contribution in [3.63, 3.8) is 0 Å². The highest BCUT2D eigenvalue weighted by Gasteiger charge is 2.20. The maximum Gasteiger partial charge on any atom is 0.225 e. The molecule has 3 heteroatoms. The lowest BCUT2D eigenvalue weighted by Gasteiger charge is -2.22. The second-order valence-corrected chi connectivity index (χ2v) is 7.68. The molecule has 1 aliphatic rings. The van der Waals surface area contributed by atoms with Crippen LogP contribution in [0, 0.1) is 5.41 Å². The number of carbonyl (C=O) groups is 1. The molecule has 1 saturated heterocycles. The lowest BCUT2D eigenvalue weighted by Crippen LogP contribution is -2.35. The Bertz CT molecular complexity index is 479. The van der Waals surface area contributed by atoms with Crippen molar-refractivity contribution in [2.75, 3.05) is 24.5 Å². The molecule has 3 nitrogen and oxygen atoms in total. The third-order valence-corrected chi connectivity index (χ3v) is 4.52. The molecule has 0 radical (unpaired) electrons. The first kappa shape index (κ1) is 17.8. The first-order valence-electron chi connectivity index (χ1n) is 9.09. The van der Waals surface area contributed by atoms with Crippen LogP contribution in [0.1, 0.15) is 58.4 Å². The van der Waals surface area contributed by atoms with Crippen LogP contribution in [0.25, 0.3) is 0 Å². The third-order valence-electron chi connectivity index (χ3n) is 4.52. The van der Waals surface area contributed by atoms with Gasteiger partial charge in [0.1, 0.15) is 0 Å². The minimum absolute atomic E-state index is 0.133. The van der Waals surface area contributed by atoms with Gasteiger partial charge in [-0.1, -0.05) is 45.7 Å². The van der Waals surface area contributed by atoms with Crippen LogP contribution in [-0.4, -0.2) is 25.5 Å². The van der Waals surface area contributed by atoms with E-state index in [4.69, 9.17) is 0 Å². The highest BCUT2D eigenvalue weighted by Crippen LogP contribution is 2.20. The summed E-state index contributed by atoms with van der Waals surface area (Å²) in [6.45, 7) is 8.98. The largest absolute Gasteiger partial charge is 0.372 e. The van der Waals surface area contributed by atoms with E-state index in [2.05, 4.69) is 34.5 Å². The fourth-order valence-electron chi connectivity index (χ4n) is 2.96. The zero-order valence-electron chi connectivity index (χ0n) is 15.0. The van der Waals surface area contributed by atoms with Crippen LogP contribution >= 0.6 is 0 Å². The van der Waals surface area contributed by atoms with E-state index in [1.807, 2.05) is 20.8 Å². The molecule has 0 aliphatic carbocycles. The molecule has 1 fully saturated rings. The number of nitrogens with one attached hydrogen (secondary N) is 1. The number of hydrogen-bond donors (Lipinski definition) is 1. The average Bonchev–Trinajstić information content (AvgIpc) is 2.80. The van der Waals surface area contributed by atoms with Gasteiger partial charge >= 0.3 is 0 Å². The van der Waals surface area contributed by atoms with Crippen molar-refractivity contribution >= 4 is 11.6 Å². The van der Waals surface area contributed by atoms with Crippen molar-refractivity contribution in [2.45, 2.75) is 59.3 Å². The molecular weight excluding hydrogens is 284 g/mol. The van der Waals surface area contributed by atoms with Crippen molar-refractivity contribution in [2.24, 2.45) is 5.41 Å². The maximum atomic E-state index is 11.8. The number of anilines is 1. The van der Waals surface area contributed by atoms with Gasteiger partial charge in [-0.05, 0) is 43.4 Å². The van der Waals surface area contributed by atoms with Crippen LogP contribution in [0.5, 0.6) is 0 Å². The summed E-state index contributed by atoms with van der Waals surface area (Å²) in [7, 11) is 0. The lowest BCUT2D eigenvalue weighted by atomic mass is 9.95. The second kappa shape index (κ2) is 8.37. The van der Waals surface area contributed by atoms with Crippen molar-refractivity contribution in [3.8, 4) is 0 Å². The number of benzene rings is 1. The van der Waals surface area contributed by atoms with E-state index in [1.165, 1.54) is 50.0 Å². The number of rotatable bonds is 5. The highest BCUT2D eigenvalue weighted by atomic mass is 16.2. The van der Waals surface area contributed by atoms with Gasteiger partial charge in [0.25, 0.3) is 0 Å². The SMILES string of the molecule is CC(C)(C)C(=O)NCCCc1ccc(N2CCCCCC2)cc1. The maximum absolute atomic E-state index is 11.8. The molecule has 1 aromatic carbocycles. The Balaban J connectivity index is 1.75. The Labute approximate surface area is 141 Å². The Morgan fingerprint density at radius 2 is 1.65 bits per heavy atom. The normalized spacial score (nSPS) is 16.0. The minimum Gasteiger partial charge on any atom is -0.372 e. The van der Waals surface area contributed by atoms with Gasteiger partial charge in [0.05, 0.1) is 0 Å². The predicted octanol–water partition coefficient (Wildman–Crippen LogP) is 4.16. The van der Waals surface area contributed by atoms with Gasteiger partial charge in [-0.3, -0.25) is 4.79 Å². The van der Waals surface area contributed by atoms with E-state index in [-0.39, 0.29) is 11.3 Å². The molecule has 0 spiro atoms. The van der Waals surface area contributed by atoms with Crippen molar-refractivity contribution < 1.29 is 4.79 Å². The number of amides is 1. The number of nitrogens with zero attached hydrogens (tertiary/aromatic N) is 1. The molecule has 0 bridgehead atoms. The summed E-state index contributed by atoms with van der Waals surface area (Å²) in [5.41, 5.74) is 2.42. The summed E-state index contributed by atoms with van der Waals surface area (Å²) >= 11 is 0. The smallest absolute Gasteiger partial charge is 0.225 e. The van der Waals surface area contributed by atoms with Crippen molar-refractivity contribution in [1.29, 1.82) is 0 Å². The standard InChI is InChI=1S/C20H32N2O/c1-20(2,3)19(23)21-14-8-9-17-10-12-18(13-11-17)22-15-6-4-5-7-16-22/h10-13H,4-9,14-16H2,1-3H3,(H,21,23). The molecule has 23 heavy (non-hydrogen) atoms. The summed E-state index contributed by atoms with van der Waals surface area (Å²) in [5, 5.41) is 3.02. The number of hydrogen-bond acceptors (Lipinski definition) is 2. The van der Waals surface area contributed by atoms with Crippen LogP contribution in [0.4, 0.5) is 5.69 Å². The molecule has 128 valence electrons. The quantitative estimate of drug-likeness (QED) is 0.827. The molecule has 0 saturated carbocycles. The Hall–Kier alpha value is -1.51. The van der Waals surface area contributed by atoms with E-state index < -0.39 is 0 Å². The van der Waals surface area contributed by atoms with Gasteiger partial charge < -0.3 is 10.2 Å². The van der Waals surface area contributed by atoms with Gasteiger partial charge in [0.2, 0.25) is 5.91 Å². The fourth-order valence-corrected chi connectivity index (χ4v) is 2.96. The third kappa shape index (κ3) is 5.89. The van der Waals surface area contributed by atoms with Gasteiger partial charge in [-0.15, -0.1) is 0 Å². The van der Waals surface area contributed by atoms with E-state index in [9.17, 15) is 4.79 Å². The lowest BCUT2D eigenvalue weighted by molar-refractivity contribution is -0.128. The van der Waals surface area contributed by atoms with Gasteiger partial charge in [-0.25, -0.2) is 0 Å². The summed E-state index contributed by atoms with van der Waals surface area (Å²) in [4.78, 5) is 14.3. The van der Waals surface area contributed by atoms with Gasteiger partial charge in [0, 0.05) is 30.7 Å². The molecule has 0 atom stereocenters. The average molecular weight is 316 g/mol. The summed E-state index contributed by atoms with van der Waals surface area (Å²) in [6.07, 6.45) is 7.38. The topological polar surface area (TPSA) is 32.3 Å². The summed E-state index contributed by atoms with van der Waals surface area (Å²) in [5.74, 6) is 0.133. The van der Waals surface area contributed by atoms with Gasteiger partial charge in [0.15, 0.2) is 0 Å². The number of carbonyl (C=O) groups excluding carboxylic acids is 1. The predicted molar refractivity (Wildman–Crippen MR) is 97.9 cm³/mol. The van der Waals surface area contributed by atoms with E-state index in [1.54, 1.807) is 0 Å². The zero-order chi connectivity index (χ0) is 16.7. The van der Waals surface area contributed by atoms with E-state index in [0.717, 1.165) is 19.4 Å². The Morgan fingerprint density at radius 1 is 1.04 bits per heavy atom. The molecule has 1 heterocycles. The first-order chi connectivity index (χ1) is 11.0. The molecule has 1 aliphatic heterocycles. The van der Waals surface area contributed by atoms with Gasteiger partial charge in [-0.2, -0.15) is 0 Å². The molecule has 0 unspecified atom stereocenters. The van der Waals surface area contributed by atoms with Crippen LogP contribution < -0.4 is 10.2 Å². The Kier molecular flexibility index (Phi) is 6.49. The molecule has 0 aromatic heterocycles. The van der Waals surface area contributed by atoms with Crippen LogP contribution in [0.15, 0.2) is 24.3 Å². The zero-order valence-corrected chi connectivity index (χ0v) is 15.0. The Morgan fingerprint density at radius 3 is 2.22 bits per heavy atom. The highest BCUT2D eigenvalue weighted by molar-refractivity contribution is 5.81. The monoisotopic (exact) mass is 316 g/mol. The molecule has 1 N–H and O–H groups in total. The molecule has 2 rings (SSSR count). The van der Waals surface area contributed by atoms with E-state index in [0.29, 0.717) is 0 Å². The summed E-state index contributed by atoms with van der Waals surface area (Å²) < 4.78 is 0. The molecule has 1 amide bonds. The first-order valence-corrected chi connectivity index (χ1v) is 9.09. The van der Waals surface area contributed by atoms with Crippen LogP contribution in [0.2, 0.25) is 0 Å². The fraction of sp³-hybridized carbons (Fsp3) is 0.650. The van der Waals surface area contributed by atoms with Crippen molar-refractivity contribution in [3.05, 3.63) is 29.8 Å². The number of aryl methyl sites for hydroxylation is 1. The van der Waals surface area contributed by atoms with E-state index >= 15 is 0 Å². The summed E-state index contributed by atoms with van der Waals surface area (Å²) in [6, 6.07) is 9.00.